The van der Waals surface area contributed by atoms with Gasteiger partial charge in [0.05, 0.1) is 23.7 Å². The summed E-state index contributed by atoms with van der Waals surface area (Å²) in [4.78, 5) is 17.3. The molecule has 0 radical (unpaired) electrons. The van der Waals surface area contributed by atoms with Crippen molar-refractivity contribution in [2.24, 2.45) is 0 Å². The molecule has 1 aromatic carbocycles. The summed E-state index contributed by atoms with van der Waals surface area (Å²) in [6.45, 7) is 5.72. The van der Waals surface area contributed by atoms with Crippen LogP contribution in [0.2, 0.25) is 0 Å². The molecule has 1 aromatic heterocycles. The highest BCUT2D eigenvalue weighted by molar-refractivity contribution is 7.89. The minimum absolute atomic E-state index is 0.149. The molecule has 6 nitrogen and oxygen atoms in total. The number of hydrogen-bond acceptors (Lipinski definition) is 4. The largest absolute Gasteiger partial charge is 0.349 e. The number of rotatable bonds is 7. The number of hydrogen-bond donors (Lipinski definition) is 1. The van der Waals surface area contributed by atoms with Crippen LogP contribution in [0.15, 0.2) is 41.4 Å². The normalized spacial score (nSPS) is 15.3. The molecule has 1 heterocycles. The Balaban J connectivity index is 1.86. The maximum atomic E-state index is 13.7. The first-order valence-corrected chi connectivity index (χ1v) is 12.0. The number of aromatic nitrogens is 1. The third kappa shape index (κ3) is 5.26. The lowest BCUT2D eigenvalue weighted by Crippen LogP contribution is -2.47. The predicted molar refractivity (Wildman–Crippen MR) is 118 cm³/mol. The van der Waals surface area contributed by atoms with Crippen molar-refractivity contribution in [3.63, 3.8) is 0 Å². The van der Waals surface area contributed by atoms with Gasteiger partial charge in [-0.3, -0.25) is 9.78 Å². The van der Waals surface area contributed by atoms with E-state index < -0.39 is 10.0 Å². The Morgan fingerprint density at radius 2 is 1.77 bits per heavy atom. The van der Waals surface area contributed by atoms with E-state index in [0.29, 0.717) is 4.90 Å². The number of sulfonamides is 1. The summed E-state index contributed by atoms with van der Waals surface area (Å²) in [6, 6.07) is 9.13. The van der Waals surface area contributed by atoms with Crippen molar-refractivity contribution >= 4 is 15.9 Å². The van der Waals surface area contributed by atoms with E-state index >= 15 is 0 Å². The van der Waals surface area contributed by atoms with Crippen LogP contribution in [0.3, 0.4) is 0 Å². The highest BCUT2D eigenvalue weighted by Gasteiger charge is 2.35. The van der Waals surface area contributed by atoms with E-state index in [1.165, 1.54) is 4.31 Å². The standard InChI is InChI=1S/C23H31N3O3S/c1-17-13-18(2)23(19(3)14-17)30(28,29)26(21-10-5-4-6-11-21)16-22(27)25-15-20-9-7-8-12-24-20/h7-9,12-14,21H,4-6,10-11,15-16H2,1-3H3,(H,25,27). The molecule has 0 bridgehead atoms. The van der Waals surface area contributed by atoms with Crippen LogP contribution in [0.25, 0.3) is 0 Å². The third-order valence-electron chi connectivity index (χ3n) is 5.65. The Kier molecular flexibility index (Phi) is 7.26. The van der Waals surface area contributed by atoms with Gasteiger partial charge in [0, 0.05) is 12.2 Å². The van der Waals surface area contributed by atoms with Crippen molar-refractivity contribution < 1.29 is 13.2 Å². The first kappa shape index (κ1) is 22.4. The summed E-state index contributed by atoms with van der Waals surface area (Å²) in [5, 5.41) is 2.82. The van der Waals surface area contributed by atoms with Gasteiger partial charge in [0.2, 0.25) is 15.9 Å². The van der Waals surface area contributed by atoms with Crippen LogP contribution in [-0.2, 0) is 21.4 Å². The van der Waals surface area contributed by atoms with Gasteiger partial charge in [-0.2, -0.15) is 4.31 Å². The number of benzene rings is 1. The van der Waals surface area contributed by atoms with E-state index in [4.69, 9.17) is 0 Å². The van der Waals surface area contributed by atoms with Gasteiger partial charge in [0.25, 0.3) is 0 Å². The average molecular weight is 430 g/mol. The SMILES string of the molecule is Cc1cc(C)c(S(=O)(=O)N(CC(=O)NCc2ccccn2)C2CCCCC2)c(C)c1. The molecule has 162 valence electrons. The Labute approximate surface area is 179 Å². The lowest BCUT2D eigenvalue weighted by Gasteiger charge is -2.33. The minimum Gasteiger partial charge on any atom is -0.349 e. The highest BCUT2D eigenvalue weighted by Crippen LogP contribution is 2.31. The number of amides is 1. The Bertz CT molecular complexity index is 961. The molecule has 30 heavy (non-hydrogen) atoms. The number of carbonyl (C=O) groups excluding carboxylic acids is 1. The average Bonchev–Trinajstić information content (AvgIpc) is 2.71. The van der Waals surface area contributed by atoms with Crippen molar-refractivity contribution in [3.8, 4) is 0 Å². The summed E-state index contributed by atoms with van der Waals surface area (Å²) in [5.41, 5.74) is 3.22. The fraction of sp³-hybridized carbons (Fsp3) is 0.478. The quantitative estimate of drug-likeness (QED) is 0.729. The van der Waals surface area contributed by atoms with E-state index in [1.54, 1.807) is 6.20 Å². The molecule has 0 unspecified atom stereocenters. The molecule has 0 atom stereocenters. The number of aryl methyl sites for hydroxylation is 3. The summed E-state index contributed by atoms with van der Waals surface area (Å²) in [7, 11) is -3.80. The summed E-state index contributed by atoms with van der Waals surface area (Å²) < 4.78 is 28.9. The molecule has 0 aliphatic heterocycles. The van der Waals surface area contributed by atoms with Gasteiger partial charge in [-0.1, -0.05) is 43.0 Å². The molecule has 3 rings (SSSR count). The van der Waals surface area contributed by atoms with Crippen molar-refractivity contribution in [1.29, 1.82) is 0 Å². The first-order chi connectivity index (χ1) is 14.3. The van der Waals surface area contributed by atoms with Crippen molar-refractivity contribution in [1.82, 2.24) is 14.6 Å². The fourth-order valence-corrected chi connectivity index (χ4v) is 6.42. The molecule has 0 saturated heterocycles. The molecule has 1 amide bonds. The number of nitrogens with zero attached hydrogens (tertiary/aromatic N) is 2. The van der Waals surface area contributed by atoms with Crippen LogP contribution in [0.1, 0.15) is 54.5 Å². The van der Waals surface area contributed by atoms with Gasteiger partial charge < -0.3 is 5.32 Å². The monoisotopic (exact) mass is 429 g/mol. The van der Waals surface area contributed by atoms with Crippen LogP contribution < -0.4 is 5.32 Å². The van der Waals surface area contributed by atoms with E-state index in [0.717, 1.165) is 54.5 Å². The second-order valence-corrected chi connectivity index (χ2v) is 10.00. The number of nitrogens with one attached hydrogen (secondary N) is 1. The van der Waals surface area contributed by atoms with Crippen LogP contribution in [-0.4, -0.2) is 36.2 Å². The molecule has 2 aromatic rings. The van der Waals surface area contributed by atoms with Crippen molar-refractivity contribution in [2.75, 3.05) is 6.54 Å². The van der Waals surface area contributed by atoms with Gasteiger partial charge in [0.1, 0.15) is 0 Å². The van der Waals surface area contributed by atoms with E-state index in [1.807, 2.05) is 51.1 Å². The maximum Gasteiger partial charge on any atom is 0.244 e. The second kappa shape index (κ2) is 9.71. The summed E-state index contributed by atoms with van der Waals surface area (Å²) in [6.07, 6.45) is 6.33. The molecule has 0 spiro atoms. The van der Waals surface area contributed by atoms with E-state index in [9.17, 15) is 13.2 Å². The highest BCUT2D eigenvalue weighted by atomic mass is 32.2. The third-order valence-corrected chi connectivity index (χ3v) is 7.85. The second-order valence-electron chi connectivity index (χ2n) is 8.17. The van der Waals surface area contributed by atoms with Crippen LogP contribution in [0.4, 0.5) is 0 Å². The topological polar surface area (TPSA) is 79.4 Å². The zero-order chi connectivity index (χ0) is 21.7. The zero-order valence-electron chi connectivity index (χ0n) is 18.0. The van der Waals surface area contributed by atoms with Crippen molar-refractivity contribution in [3.05, 3.63) is 58.9 Å². The van der Waals surface area contributed by atoms with E-state index in [-0.39, 0.29) is 25.0 Å². The molecule has 1 N–H and O–H groups in total. The lowest BCUT2D eigenvalue weighted by molar-refractivity contribution is -0.121. The lowest BCUT2D eigenvalue weighted by atomic mass is 9.95. The Morgan fingerprint density at radius 3 is 2.37 bits per heavy atom. The number of carbonyl (C=O) groups is 1. The Morgan fingerprint density at radius 1 is 1.10 bits per heavy atom. The predicted octanol–water partition coefficient (Wildman–Crippen LogP) is 3.65. The minimum atomic E-state index is -3.80. The molecular formula is C23H31N3O3S. The van der Waals surface area contributed by atoms with Crippen molar-refractivity contribution in [2.45, 2.75) is 70.4 Å². The van der Waals surface area contributed by atoms with Gasteiger partial charge >= 0.3 is 0 Å². The zero-order valence-corrected chi connectivity index (χ0v) is 18.8. The van der Waals surface area contributed by atoms with Gasteiger partial charge in [-0.25, -0.2) is 8.42 Å². The maximum absolute atomic E-state index is 13.7. The summed E-state index contributed by atoms with van der Waals surface area (Å²) in [5.74, 6) is -0.308. The molecule has 1 saturated carbocycles. The molecule has 7 heteroatoms. The molecule has 1 aliphatic carbocycles. The molecule has 1 aliphatic rings. The fourth-order valence-electron chi connectivity index (χ4n) is 4.36. The van der Waals surface area contributed by atoms with Crippen LogP contribution >= 0.6 is 0 Å². The van der Waals surface area contributed by atoms with Gasteiger partial charge in [0.15, 0.2) is 0 Å². The number of pyridine rings is 1. The smallest absolute Gasteiger partial charge is 0.244 e. The van der Waals surface area contributed by atoms with Crippen LogP contribution in [0, 0.1) is 20.8 Å². The van der Waals surface area contributed by atoms with Gasteiger partial charge in [-0.05, 0) is 56.9 Å². The first-order valence-electron chi connectivity index (χ1n) is 10.6. The van der Waals surface area contributed by atoms with Gasteiger partial charge in [-0.15, -0.1) is 0 Å². The van der Waals surface area contributed by atoms with E-state index in [2.05, 4.69) is 10.3 Å². The summed E-state index contributed by atoms with van der Waals surface area (Å²) >= 11 is 0. The Hall–Kier alpha value is -2.25. The molecular weight excluding hydrogens is 398 g/mol. The van der Waals surface area contributed by atoms with Crippen LogP contribution in [0.5, 0.6) is 0 Å². The molecule has 1 fully saturated rings.